The SMILES string of the molecule is CC(C)(C)[Si](C)(C)Oc1cccc(C/C(=C\CO)COC2CCCCO2)c1. The molecule has 1 N–H and O–H groups in total. The maximum Gasteiger partial charge on any atom is 0.250 e. The van der Waals surface area contributed by atoms with E-state index in [-0.39, 0.29) is 17.9 Å². The molecular formula is C22H36O4Si. The zero-order chi connectivity index (χ0) is 19.9. The molecule has 1 aliphatic heterocycles. The first-order chi connectivity index (χ1) is 12.7. The third kappa shape index (κ3) is 7.07. The monoisotopic (exact) mass is 392 g/mol. The predicted molar refractivity (Wildman–Crippen MR) is 113 cm³/mol. The van der Waals surface area contributed by atoms with Crippen molar-refractivity contribution in [1.82, 2.24) is 0 Å². The quantitative estimate of drug-likeness (QED) is 0.495. The minimum Gasteiger partial charge on any atom is -0.543 e. The number of ether oxygens (including phenoxy) is 2. The Labute approximate surface area is 165 Å². The van der Waals surface area contributed by atoms with Gasteiger partial charge in [0.05, 0.1) is 13.2 Å². The lowest BCUT2D eigenvalue weighted by Gasteiger charge is -2.36. The van der Waals surface area contributed by atoms with Crippen LogP contribution in [0.5, 0.6) is 5.75 Å². The zero-order valence-electron chi connectivity index (χ0n) is 17.6. The maximum atomic E-state index is 9.37. The molecule has 0 aliphatic carbocycles. The highest BCUT2D eigenvalue weighted by molar-refractivity contribution is 6.74. The van der Waals surface area contributed by atoms with Gasteiger partial charge >= 0.3 is 0 Å². The van der Waals surface area contributed by atoms with Gasteiger partial charge in [0.2, 0.25) is 8.32 Å². The lowest BCUT2D eigenvalue weighted by molar-refractivity contribution is -0.157. The van der Waals surface area contributed by atoms with Crippen molar-refractivity contribution >= 4 is 8.32 Å². The van der Waals surface area contributed by atoms with Crippen LogP contribution in [-0.4, -0.2) is 39.5 Å². The number of hydrogen-bond donors (Lipinski definition) is 1. The van der Waals surface area contributed by atoms with Gasteiger partial charge in [0.1, 0.15) is 5.75 Å². The standard InChI is InChI=1S/C22H36O4Si/c1-22(2,3)27(4,5)26-20-10-8-9-18(16-20)15-19(12-13-23)17-25-21-11-6-7-14-24-21/h8-10,12,16,21,23H,6-7,11,13-15,17H2,1-5H3/b19-12+. The highest BCUT2D eigenvalue weighted by Crippen LogP contribution is 2.37. The van der Waals surface area contributed by atoms with Crippen LogP contribution in [0.25, 0.3) is 0 Å². The molecule has 4 nitrogen and oxygen atoms in total. The van der Waals surface area contributed by atoms with Gasteiger partial charge in [0.15, 0.2) is 6.29 Å². The van der Waals surface area contributed by atoms with Gasteiger partial charge in [-0.3, -0.25) is 0 Å². The molecule has 152 valence electrons. The fraction of sp³-hybridized carbons (Fsp3) is 0.636. The minimum atomic E-state index is -1.86. The molecule has 1 fully saturated rings. The van der Waals surface area contributed by atoms with Crippen molar-refractivity contribution in [1.29, 1.82) is 0 Å². The minimum absolute atomic E-state index is 0.0182. The van der Waals surface area contributed by atoms with Crippen LogP contribution in [0.1, 0.15) is 45.6 Å². The van der Waals surface area contributed by atoms with Gasteiger partial charge in [-0.1, -0.05) is 39.0 Å². The maximum absolute atomic E-state index is 9.37. The van der Waals surface area contributed by atoms with Crippen molar-refractivity contribution in [2.75, 3.05) is 19.8 Å². The van der Waals surface area contributed by atoms with Crippen molar-refractivity contribution in [3.8, 4) is 5.75 Å². The molecule has 1 unspecified atom stereocenters. The molecule has 1 aliphatic rings. The van der Waals surface area contributed by atoms with Crippen molar-refractivity contribution < 1.29 is 19.0 Å². The van der Waals surface area contributed by atoms with E-state index in [1.807, 2.05) is 18.2 Å². The summed E-state index contributed by atoms with van der Waals surface area (Å²) in [5.41, 5.74) is 2.23. The van der Waals surface area contributed by atoms with E-state index < -0.39 is 8.32 Å². The summed E-state index contributed by atoms with van der Waals surface area (Å²) in [5.74, 6) is 0.930. The first kappa shape index (κ1) is 22.1. The Kier molecular flexibility index (Phi) is 8.10. The highest BCUT2D eigenvalue weighted by atomic mass is 28.4. The molecule has 0 bridgehead atoms. The normalized spacial score (nSPS) is 19.2. The van der Waals surface area contributed by atoms with Crippen molar-refractivity contribution in [3.05, 3.63) is 41.5 Å². The summed E-state index contributed by atoms with van der Waals surface area (Å²) in [5, 5.41) is 9.53. The predicted octanol–water partition coefficient (Wildman–Crippen LogP) is 5.08. The molecule has 1 aromatic carbocycles. The summed E-state index contributed by atoms with van der Waals surface area (Å²) in [7, 11) is -1.86. The number of benzene rings is 1. The second-order valence-electron chi connectivity index (χ2n) is 8.84. The largest absolute Gasteiger partial charge is 0.543 e. The summed E-state index contributed by atoms with van der Waals surface area (Å²) < 4.78 is 18.0. The van der Waals surface area contributed by atoms with E-state index in [4.69, 9.17) is 13.9 Å². The van der Waals surface area contributed by atoms with E-state index in [1.54, 1.807) is 0 Å². The Bertz CT molecular complexity index is 613. The lowest BCUT2D eigenvalue weighted by Crippen LogP contribution is -2.43. The van der Waals surface area contributed by atoms with Crippen LogP contribution in [0.3, 0.4) is 0 Å². The molecule has 27 heavy (non-hydrogen) atoms. The number of aliphatic hydroxyl groups is 1. The molecule has 1 atom stereocenters. The molecule has 5 heteroatoms. The Balaban J connectivity index is 2.00. The second kappa shape index (κ2) is 9.87. The van der Waals surface area contributed by atoms with Crippen LogP contribution in [0.2, 0.25) is 18.1 Å². The Morgan fingerprint density at radius 1 is 1.30 bits per heavy atom. The Morgan fingerprint density at radius 3 is 2.70 bits per heavy atom. The van der Waals surface area contributed by atoms with E-state index >= 15 is 0 Å². The first-order valence-corrected chi connectivity index (χ1v) is 12.9. The fourth-order valence-corrected chi connectivity index (χ4v) is 3.81. The average Bonchev–Trinajstić information content (AvgIpc) is 2.60. The summed E-state index contributed by atoms with van der Waals surface area (Å²) >= 11 is 0. The van der Waals surface area contributed by atoms with Gasteiger partial charge in [-0.15, -0.1) is 0 Å². The Morgan fingerprint density at radius 2 is 2.07 bits per heavy atom. The van der Waals surface area contributed by atoms with Gasteiger partial charge in [0.25, 0.3) is 0 Å². The van der Waals surface area contributed by atoms with Crippen LogP contribution >= 0.6 is 0 Å². The number of hydrogen-bond acceptors (Lipinski definition) is 4. The molecule has 1 heterocycles. The molecule has 0 aromatic heterocycles. The smallest absolute Gasteiger partial charge is 0.250 e. The topological polar surface area (TPSA) is 47.9 Å². The molecule has 1 saturated heterocycles. The van der Waals surface area contributed by atoms with Crippen LogP contribution in [0.4, 0.5) is 0 Å². The van der Waals surface area contributed by atoms with Crippen LogP contribution in [-0.2, 0) is 15.9 Å². The van der Waals surface area contributed by atoms with Gasteiger partial charge in [0, 0.05) is 6.61 Å². The van der Waals surface area contributed by atoms with Gasteiger partial charge < -0.3 is 19.0 Å². The summed E-state index contributed by atoms with van der Waals surface area (Å²) in [4.78, 5) is 0. The first-order valence-electron chi connectivity index (χ1n) is 10.0. The molecule has 0 spiro atoms. The zero-order valence-corrected chi connectivity index (χ0v) is 18.6. The summed E-state index contributed by atoms with van der Waals surface area (Å²) in [6, 6.07) is 8.29. The van der Waals surface area contributed by atoms with E-state index in [9.17, 15) is 5.11 Å². The van der Waals surface area contributed by atoms with E-state index in [0.717, 1.165) is 43.6 Å². The van der Waals surface area contributed by atoms with Crippen LogP contribution in [0.15, 0.2) is 35.9 Å². The number of rotatable bonds is 8. The highest BCUT2D eigenvalue weighted by Gasteiger charge is 2.38. The third-order valence-electron chi connectivity index (χ3n) is 5.48. The molecule has 2 rings (SSSR count). The fourth-order valence-electron chi connectivity index (χ4n) is 2.78. The summed E-state index contributed by atoms with van der Waals surface area (Å²) in [6.07, 6.45) is 5.67. The summed E-state index contributed by atoms with van der Waals surface area (Å²) in [6.45, 7) is 12.5. The van der Waals surface area contributed by atoms with Gasteiger partial charge in [-0.25, -0.2) is 0 Å². The van der Waals surface area contributed by atoms with Crippen molar-refractivity contribution in [2.24, 2.45) is 0 Å². The van der Waals surface area contributed by atoms with Crippen LogP contribution < -0.4 is 4.43 Å². The molecular weight excluding hydrogens is 356 g/mol. The average molecular weight is 393 g/mol. The molecule has 0 radical (unpaired) electrons. The lowest BCUT2D eigenvalue weighted by atomic mass is 10.1. The van der Waals surface area contributed by atoms with Crippen molar-refractivity contribution in [3.63, 3.8) is 0 Å². The Hall–Kier alpha value is -1.14. The van der Waals surface area contributed by atoms with Gasteiger partial charge in [-0.2, -0.15) is 0 Å². The molecule has 0 amide bonds. The van der Waals surface area contributed by atoms with Crippen molar-refractivity contribution in [2.45, 2.75) is 70.9 Å². The third-order valence-corrected chi connectivity index (χ3v) is 9.84. The van der Waals surface area contributed by atoms with Crippen LogP contribution in [0, 0.1) is 0 Å². The number of aliphatic hydroxyl groups excluding tert-OH is 1. The molecule has 0 saturated carbocycles. The molecule has 1 aromatic rings. The van der Waals surface area contributed by atoms with E-state index in [2.05, 4.69) is 46.0 Å². The van der Waals surface area contributed by atoms with Gasteiger partial charge in [-0.05, 0) is 67.1 Å². The van der Waals surface area contributed by atoms with E-state index in [0.29, 0.717) is 6.61 Å². The second-order valence-corrected chi connectivity index (χ2v) is 13.6. The van der Waals surface area contributed by atoms with E-state index in [1.165, 1.54) is 5.56 Å².